The molecular formula is C18H21N3. The Morgan fingerprint density at radius 1 is 1.14 bits per heavy atom. The van der Waals surface area contributed by atoms with Crippen LogP contribution < -0.4 is 5.32 Å². The average molecular weight is 279 g/mol. The molecule has 1 aliphatic carbocycles. The molecule has 2 fully saturated rings. The van der Waals surface area contributed by atoms with E-state index < -0.39 is 0 Å². The molecule has 3 aliphatic rings. The number of hydrogen-bond acceptors (Lipinski definition) is 2. The number of fused-ring (bicyclic) bond motifs is 3. The number of nitrogens with one attached hydrogen (secondary N) is 1. The van der Waals surface area contributed by atoms with Gasteiger partial charge in [0.05, 0.1) is 24.3 Å². The molecule has 0 radical (unpaired) electrons. The lowest BCUT2D eigenvalue weighted by atomic mass is 9.65. The summed E-state index contributed by atoms with van der Waals surface area (Å²) >= 11 is 0. The van der Waals surface area contributed by atoms with Gasteiger partial charge in [-0.3, -0.25) is 0 Å². The van der Waals surface area contributed by atoms with E-state index >= 15 is 0 Å². The minimum atomic E-state index is 0.518. The third-order valence-electron chi connectivity index (χ3n) is 6.06. The third kappa shape index (κ3) is 1.61. The van der Waals surface area contributed by atoms with E-state index in [1.807, 2.05) is 12.5 Å². The second-order valence-electron chi connectivity index (χ2n) is 7.16. The van der Waals surface area contributed by atoms with Gasteiger partial charge in [-0.05, 0) is 42.6 Å². The van der Waals surface area contributed by atoms with Crippen molar-refractivity contribution >= 4 is 0 Å². The van der Waals surface area contributed by atoms with E-state index in [4.69, 9.17) is 0 Å². The van der Waals surface area contributed by atoms with Gasteiger partial charge in [-0.15, -0.1) is 0 Å². The SMILES string of the molecule is c1ccc2c(c1)-c1cncn1C2C1CCC2(CC1)CNC2. The first-order chi connectivity index (χ1) is 10.4. The van der Waals surface area contributed by atoms with Gasteiger partial charge in [0.15, 0.2) is 0 Å². The van der Waals surface area contributed by atoms with Crippen molar-refractivity contribution in [1.82, 2.24) is 14.9 Å². The summed E-state index contributed by atoms with van der Waals surface area (Å²) in [5.41, 5.74) is 4.86. The smallest absolute Gasteiger partial charge is 0.0956 e. The molecule has 0 bridgehead atoms. The molecule has 1 saturated carbocycles. The van der Waals surface area contributed by atoms with Gasteiger partial charge in [-0.25, -0.2) is 4.98 Å². The van der Waals surface area contributed by atoms with Gasteiger partial charge in [0.1, 0.15) is 0 Å². The Labute approximate surface area is 125 Å². The number of imidazole rings is 1. The zero-order valence-corrected chi connectivity index (χ0v) is 12.3. The highest BCUT2D eigenvalue weighted by Crippen LogP contribution is 2.50. The summed E-state index contributed by atoms with van der Waals surface area (Å²) in [7, 11) is 0. The van der Waals surface area contributed by atoms with Crippen LogP contribution in [0.25, 0.3) is 11.3 Å². The monoisotopic (exact) mass is 279 g/mol. The number of benzene rings is 1. The first-order valence-electron chi connectivity index (χ1n) is 8.18. The first-order valence-corrected chi connectivity index (χ1v) is 8.18. The van der Waals surface area contributed by atoms with Crippen molar-refractivity contribution in [3.05, 3.63) is 42.4 Å². The highest BCUT2D eigenvalue weighted by Gasteiger charge is 2.43. The minimum absolute atomic E-state index is 0.518. The molecule has 5 rings (SSSR count). The summed E-state index contributed by atoms with van der Waals surface area (Å²) in [4.78, 5) is 4.40. The van der Waals surface area contributed by atoms with Crippen molar-refractivity contribution in [2.75, 3.05) is 13.1 Å². The summed E-state index contributed by atoms with van der Waals surface area (Å²) < 4.78 is 2.42. The maximum atomic E-state index is 4.40. The van der Waals surface area contributed by atoms with Crippen molar-refractivity contribution in [3.63, 3.8) is 0 Å². The number of nitrogens with zero attached hydrogens (tertiary/aromatic N) is 2. The molecule has 21 heavy (non-hydrogen) atoms. The van der Waals surface area contributed by atoms with Crippen LogP contribution >= 0.6 is 0 Å². The van der Waals surface area contributed by atoms with Crippen LogP contribution in [0.3, 0.4) is 0 Å². The van der Waals surface area contributed by atoms with Gasteiger partial charge in [0.25, 0.3) is 0 Å². The molecule has 2 aromatic rings. The van der Waals surface area contributed by atoms with E-state index in [9.17, 15) is 0 Å². The number of hydrogen-bond donors (Lipinski definition) is 1. The van der Waals surface area contributed by atoms with Crippen molar-refractivity contribution < 1.29 is 0 Å². The minimum Gasteiger partial charge on any atom is -0.323 e. The van der Waals surface area contributed by atoms with Gasteiger partial charge in [0, 0.05) is 18.7 Å². The van der Waals surface area contributed by atoms with Gasteiger partial charge in [0.2, 0.25) is 0 Å². The largest absolute Gasteiger partial charge is 0.323 e. The van der Waals surface area contributed by atoms with Crippen LogP contribution in [0.2, 0.25) is 0 Å². The van der Waals surface area contributed by atoms with Crippen LogP contribution in [0.1, 0.15) is 37.3 Å². The van der Waals surface area contributed by atoms with Crippen LogP contribution in [-0.2, 0) is 0 Å². The lowest BCUT2D eigenvalue weighted by molar-refractivity contribution is 0.0716. The van der Waals surface area contributed by atoms with E-state index in [0.717, 1.165) is 5.92 Å². The maximum absolute atomic E-state index is 4.40. The van der Waals surface area contributed by atoms with Crippen molar-refractivity contribution in [3.8, 4) is 11.3 Å². The van der Waals surface area contributed by atoms with E-state index in [-0.39, 0.29) is 0 Å². The highest BCUT2D eigenvalue weighted by molar-refractivity contribution is 5.69. The first kappa shape index (κ1) is 12.0. The molecule has 2 aliphatic heterocycles. The molecule has 0 amide bonds. The zero-order valence-electron chi connectivity index (χ0n) is 12.3. The standard InChI is InChI=1S/C18H21N3/c1-2-4-15-14(3-1)16-9-19-12-21(16)17(15)13-5-7-18(8-6-13)10-20-11-18/h1-4,9,12-13,17,20H,5-8,10-11H2. The maximum Gasteiger partial charge on any atom is 0.0956 e. The van der Waals surface area contributed by atoms with E-state index in [2.05, 4.69) is 39.1 Å². The molecule has 3 nitrogen and oxygen atoms in total. The zero-order chi connectivity index (χ0) is 13.9. The van der Waals surface area contributed by atoms with Gasteiger partial charge in [-0.1, -0.05) is 24.3 Å². The predicted molar refractivity (Wildman–Crippen MR) is 83.1 cm³/mol. The summed E-state index contributed by atoms with van der Waals surface area (Å²) in [5.74, 6) is 0.771. The van der Waals surface area contributed by atoms with Crippen molar-refractivity contribution in [1.29, 1.82) is 0 Å². The Balaban J connectivity index is 1.50. The Hall–Kier alpha value is -1.61. The summed E-state index contributed by atoms with van der Waals surface area (Å²) in [5, 5.41) is 3.47. The second-order valence-corrected chi connectivity index (χ2v) is 7.16. The molecule has 3 heterocycles. The Kier molecular flexibility index (Phi) is 2.40. The molecule has 1 unspecified atom stereocenters. The fourth-order valence-electron chi connectivity index (χ4n) is 4.75. The fourth-order valence-corrected chi connectivity index (χ4v) is 4.75. The van der Waals surface area contributed by atoms with E-state index in [0.29, 0.717) is 11.5 Å². The average Bonchev–Trinajstić information content (AvgIpc) is 3.06. The molecule has 1 N–H and O–H groups in total. The molecule has 1 saturated heterocycles. The molecule has 1 aromatic heterocycles. The summed E-state index contributed by atoms with van der Waals surface area (Å²) in [6, 6.07) is 9.43. The van der Waals surface area contributed by atoms with Crippen LogP contribution in [0, 0.1) is 11.3 Å². The van der Waals surface area contributed by atoms with Crippen LogP contribution in [0.15, 0.2) is 36.8 Å². The van der Waals surface area contributed by atoms with Crippen LogP contribution in [-0.4, -0.2) is 22.6 Å². The molecular weight excluding hydrogens is 258 g/mol. The molecule has 3 heteroatoms. The van der Waals surface area contributed by atoms with Crippen LogP contribution in [0.4, 0.5) is 0 Å². The topological polar surface area (TPSA) is 29.9 Å². The summed E-state index contributed by atoms with van der Waals surface area (Å²) in [6.07, 6.45) is 9.58. The lowest BCUT2D eigenvalue weighted by Crippen LogP contribution is -2.55. The molecule has 1 atom stereocenters. The Bertz CT molecular complexity index is 673. The second kappa shape index (κ2) is 4.20. The Morgan fingerprint density at radius 3 is 2.71 bits per heavy atom. The number of aromatic nitrogens is 2. The van der Waals surface area contributed by atoms with Crippen molar-refractivity contribution in [2.45, 2.75) is 31.7 Å². The summed E-state index contributed by atoms with van der Waals surface area (Å²) in [6.45, 7) is 2.49. The van der Waals surface area contributed by atoms with E-state index in [1.165, 1.54) is 55.6 Å². The van der Waals surface area contributed by atoms with Crippen LogP contribution in [0.5, 0.6) is 0 Å². The number of rotatable bonds is 1. The normalized spacial score (nSPS) is 26.4. The fraction of sp³-hybridized carbons (Fsp3) is 0.500. The van der Waals surface area contributed by atoms with Gasteiger partial charge in [-0.2, -0.15) is 0 Å². The third-order valence-corrected chi connectivity index (χ3v) is 6.06. The van der Waals surface area contributed by atoms with Gasteiger partial charge < -0.3 is 9.88 Å². The molecule has 1 spiro atoms. The van der Waals surface area contributed by atoms with E-state index in [1.54, 1.807) is 0 Å². The quantitative estimate of drug-likeness (QED) is 0.868. The van der Waals surface area contributed by atoms with Gasteiger partial charge >= 0.3 is 0 Å². The molecule has 108 valence electrons. The lowest BCUT2D eigenvalue weighted by Gasteiger charge is -2.48. The Morgan fingerprint density at radius 2 is 1.95 bits per heavy atom. The molecule has 1 aromatic carbocycles. The van der Waals surface area contributed by atoms with Crippen molar-refractivity contribution in [2.24, 2.45) is 11.3 Å². The predicted octanol–water partition coefficient (Wildman–Crippen LogP) is 3.23. The highest BCUT2D eigenvalue weighted by atomic mass is 15.1.